The summed E-state index contributed by atoms with van der Waals surface area (Å²) in [7, 11) is 0. The summed E-state index contributed by atoms with van der Waals surface area (Å²) in [6.45, 7) is 2.30. The van der Waals surface area contributed by atoms with Crippen LogP contribution in [0.2, 0.25) is 0 Å². The average molecular weight is 373 g/mol. The van der Waals surface area contributed by atoms with Crippen LogP contribution in [0.1, 0.15) is 76.2 Å². The number of rotatable bonds is 6. The van der Waals surface area contributed by atoms with Crippen molar-refractivity contribution in [3.63, 3.8) is 0 Å². The summed E-state index contributed by atoms with van der Waals surface area (Å²) in [5.41, 5.74) is 1.56. The minimum Gasteiger partial charge on any atom is -0.0654 e. The number of benzene rings is 2. The Morgan fingerprint density at radius 1 is 0.870 bits per heavy atom. The van der Waals surface area contributed by atoms with E-state index in [0.717, 1.165) is 11.8 Å². The predicted octanol–water partition coefficient (Wildman–Crippen LogP) is 7.85. The first-order valence-electron chi connectivity index (χ1n) is 9.45. The Morgan fingerprint density at radius 2 is 1.61 bits per heavy atom. The fourth-order valence-corrected chi connectivity index (χ4v) is 4.51. The molecule has 0 atom stereocenters. The molecule has 1 heteroatoms. The zero-order chi connectivity index (χ0) is 16.1. The first-order chi connectivity index (χ1) is 11.3. The van der Waals surface area contributed by atoms with E-state index in [1.807, 2.05) is 0 Å². The second-order valence-electron chi connectivity index (χ2n) is 7.32. The first-order valence-corrected chi connectivity index (χ1v) is 10.2. The maximum Gasteiger partial charge on any atom is 0.0181 e. The second kappa shape index (κ2) is 8.33. The number of halogens is 1. The predicted molar refractivity (Wildman–Crippen MR) is 105 cm³/mol. The number of fused-ring (bicyclic) bond motifs is 1. The second-order valence-corrected chi connectivity index (χ2v) is 8.23. The smallest absolute Gasteiger partial charge is 0.0181 e. The van der Waals surface area contributed by atoms with Crippen molar-refractivity contribution < 1.29 is 0 Å². The van der Waals surface area contributed by atoms with Gasteiger partial charge in [-0.05, 0) is 66.0 Å². The van der Waals surface area contributed by atoms with Gasteiger partial charge in [-0.1, -0.05) is 79.2 Å². The van der Waals surface area contributed by atoms with Gasteiger partial charge in [-0.25, -0.2) is 0 Å². The van der Waals surface area contributed by atoms with Crippen LogP contribution in [-0.2, 0) is 0 Å². The van der Waals surface area contributed by atoms with Crippen LogP contribution in [-0.4, -0.2) is 0 Å². The van der Waals surface area contributed by atoms with Crippen molar-refractivity contribution in [2.24, 2.45) is 5.92 Å². The van der Waals surface area contributed by atoms with Crippen LogP contribution in [0.3, 0.4) is 0 Å². The quantitative estimate of drug-likeness (QED) is 0.452. The van der Waals surface area contributed by atoms with Crippen LogP contribution in [0.5, 0.6) is 0 Å². The van der Waals surface area contributed by atoms with Gasteiger partial charge in [-0.3, -0.25) is 0 Å². The molecule has 0 amide bonds. The molecule has 0 N–H and O–H groups in total. The summed E-state index contributed by atoms with van der Waals surface area (Å²) in [5.74, 6) is 1.79. The fourth-order valence-electron chi connectivity index (χ4n) is 4.13. The lowest BCUT2D eigenvalue weighted by atomic mass is 9.77. The number of hydrogen-bond donors (Lipinski definition) is 0. The molecule has 0 heterocycles. The van der Waals surface area contributed by atoms with Crippen molar-refractivity contribution in [1.29, 1.82) is 0 Å². The van der Waals surface area contributed by atoms with Gasteiger partial charge in [0, 0.05) is 4.47 Å². The van der Waals surface area contributed by atoms with Crippen LogP contribution in [0.4, 0.5) is 0 Å². The van der Waals surface area contributed by atoms with Crippen molar-refractivity contribution in [2.45, 2.75) is 70.6 Å². The molecule has 0 bridgehead atoms. The van der Waals surface area contributed by atoms with Gasteiger partial charge in [0.05, 0.1) is 0 Å². The monoisotopic (exact) mass is 372 g/mol. The number of hydrogen-bond acceptors (Lipinski definition) is 0. The Balaban J connectivity index is 1.56. The van der Waals surface area contributed by atoms with Crippen LogP contribution < -0.4 is 0 Å². The van der Waals surface area contributed by atoms with Crippen molar-refractivity contribution in [1.82, 2.24) is 0 Å². The van der Waals surface area contributed by atoms with Gasteiger partial charge in [0.1, 0.15) is 0 Å². The molecule has 2 aromatic rings. The highest BCUT2D eigenvalue weighted by molar-refractivity contribution is 9.10. The Morgan fingerprint density at radius 3 is 2.39 bits per heavy atom. The van der Waals surface area contributed by atoms with Gasteiger partial charge in [0.15, 0.2) is 0 Å². The molecule has 2 aromatic carbocycles. The SMILES string of the molecule is CCCCCCC1CCC(c2ccc3cc(Br)ccc3c2)CC1. The van der Waals surface area contributed by atoms with E-state index >= 15 is 0 Å². The zero-order valence-electron chi connectivity index (χ0n) is 14.4. The molecule has 0 nitrogen and oxygen atoms in total. The standard InChI is InChI=1S/C22H29Br/c1-2-3-4-5-6-17-7-9-18(10-8-17)19-11-12-21-16-22(23)14-13-20(21)15-19/h11-18H,2-10H2,1H3. The highest BCUT2D eigenvalue weighted by Crippen LogP contribution is 2.38. The van der Waals surface area contributed by atoms with E-state index in [0.29, 0.717) is 0 Å². The van der Waals surface area contributed by atoms with Gasteiger partial charge in [0.25, 0.3) is 0 Å². The molecule has 1 fully saturated rings. The molecule has 0 spiro atoms. The van der Waals surface area contributed by atoms with E-state index in [1.54, 1.807) is 5.56 Å². The highest BCUT2D eigenvalue weighted by atomic mass is 79.9. The number of unbranched alkanes of at least 4 members (excludes halogenated alkanes) is 3. The Bertz CT molecular complexity index is 623. The topological polar surface area (TPSA) is 0 Å². The van der Waals surface area contributed by atoms with E-state index < -0.39 is 0 Å². The van der Waals surface area contributed by atoms with Crippen LogP contribution in [0.25, 0.3) is 10.8 Å². The molecule has 124 valence electrons. The van der Waals surface area contributed by atoms with Crippen molar-refractivity contribution in [3.8, 4) is 0 Å². The van der Waals surface area contributed by atoms with Crippen molar-refractivity contribution >= 4 is 26.7 Å². The fraction of sp³-hybridized carbons (Fsp3) is 0.545. The van der Waals surface area contributed by atoms with Crippen LogP contribution in [0, 0.1) is 5.92 Å². The molecule has 0 saturated heterocycles. The van der Waals surface area contributed by atoms with E-state index in [1.165, 1.54) is 73.0 Å². The Kier molecular flexibility index (Phi) is 6.16. The molecule has 23 heavy (non-hydrogen) atoms. The molecular weight excluding hydrogens is 344 g/mol. The molecule has 0 radical (unpaired) electrons. The van der Waals surface area contributed by atoms with E-state index in [2.05, 4.69) is 59.3 Å². The summed E-state index contributed by atoms with van der Waals surface area (Å²) >= 11 is 3.56. The summed E-state index contributed by atoms with van der Waals surface area (Å²) in [6.07, 6.45) is 12.8. The molecule has 0 aromatic heterocycles. The van der Waals surface area contributed by atoms with Crippen molar-refractivity contribution in [2.75, 3.05) is 0 Å². The third-order valence-electron chi connectivity index (χ3n) is 5.61. The zero-order valence-corrected chi connectivity index (χ0v) is 15.9. The normalized spacial score (nSPS) is 21.7. The summed E-state index contributed by atoms with van der Waals surface area (Å²) in [4.78, 5) is 0. The Hall–Kier alpha value is -0.820. The third-order valence-corrected chi connectivity index (χ3v) is 6.10. The maximum atomic E-state index is 3.56. The lowest BCUT2D eigenvalue weighted by Gasteiger charge is -2.29. The minimum atomic E-state index is 0.787. The Labute approximate surface area is 149 Å². The van der Waals surface area contributed by atoms with Gasteiger partial charge < -0.3 is 0 Å². The van der Waals surface area contributed by atoms with Gasteiger partial charge in [-0.2, -0.15) is 0 Å². The van der Waals surface area contributed by atoms with E-state index in [-0.39, 0.29) is 0 Å². The molecule has 1 saturated carbocycles. The lowest BCUT2D eigenvalue weighted by Crippen LogP contribution is -2.13. The van der Waals surface area contributed by atoms with Crippen molar-refractivity contribution in [3.05, 3.63) is 46.4 Å². The highest BCUT2D eigenvalue weighted by Gasteiger charge is 2.22. The minimum absolute atomic E-state index is 0.787. The van der Waals surface area contributed by atoms with E-state index in [9.17, 15) is 0 Å². The molecule has 0 aliphatic heterocycles. The molecule has 1 aliphatic rings. The lowest BCUT2D eigenvalue weighted by molar-refractivity contribution is 0.302. The van der Waals surface area contributed by atoms with Gasteiger partial charge in [0.2, 0.25) is 0 Å². The van der Waals surface area contributed by atoms with E-state index in [4.69, 9.17) is 0 Å². The van der Waals surface area contributed by atoms with Crippen LogP contribution >= 0.6 is 15.9 Å². The summed E-state index contributed by atoms with van der Waals surface area (Å²) < 4.78 is 1.17. The molecule has 3 rings (SSSR count). The summed E-state index contributed by atoms with van der Waals surface area (Å²) in [6, 6.07) is 13.7. The molecule has 1 aliphatic carbocycles. The summed E-state index contributed by atoms with van der Waals surface area (Å²) in [5, 5.41) is 2.72. The van der Waals surface area contributed by atoms with Gasteiger partial charge >= 0.3 is 0 Å². The largest absolute Gasteiger partial charge is 0.0654 e. The van der Waals surface area contributed by atoms with Crippen LogP contribution in [0.15, 0.2) is 40.9 Å². The maximum absolute atomic E-state index is 3.56. The molecule has 0 unspecified atom stereocenters. The average Bonchev–Trinajstić information content (AvgIpc) is 2.59. The third kappa shape index (κ3) is 4.59. The van der Waals surface area contributed by atoms with Gasteiger partial charge in [-0.15, -0.1) is 0 Å². The molecular formula is C22H29Br. The first kappa shape index (κ1) is 17.0.